The number of halogens is 2. The van der Waals surface area contributed by atoms with E-state index >= 15 is 0 Å². The van der Waals surface area contributed by atoms with E-state index in [4.69, 9.17) is 4.42 Å². The maximum absolute atomic E-state index is 14.2. The van der Waals surface area contributed by atoms with Crippen LogP contribution >= 0.6 is 0 Å². The number of nitrogens with zero attached hydrogens (tertiary/aromatic N) is 8. The summed E-state index contributed by atoms with van der Waals surface area (Å²) in [6, 6.07) is 8.70. The number of pyridine rings is 1. The average Bonchev–Trinajstić information content (AvgIpc) is 3.66. The lowest BCUT2D eigenvalue weighted by atomic mass is 9.85. The normalized spacial score (nSPS) is 21.8. The SMILES string of the molecule is Cn1c(=O)n(C2CCC(=O)NC2=O)c2ccc(CN3CCN(CC4CCC(n5cc(NC(=O)c6coc(-c7ccnc(NCC8CC8)c7)n6)c(C(F)F)n5)CC4)CC3)cc21. The van der Waals surface area contributed by atoms with Gasteiger partial charge in [0.25, 0.3) is 12.3 Å². The molecule has 4 aliphatic rings. The molecule has 6 heterocycles. The molecule has 4 fully saturated rings. The molecule has 60 heavy (non-hydrogen) atoms. The number of anilines is 2. The Labute approximate surface area is 344 Å². The summed E-state index contributed by atoms with van der Waals surface area (Å²) in [5.74, 6) is 0.653. The van der Waals surface area contributed by atoms with Gasteiger partial charge in [0.05, 0.1) is 22.8 Å². The van der Waals surface area contributed by atoms with Crippen molar-refractivity contribution < 1.29 is 27.6 Å². The molecule has 2 saturated carbocycles. The minimum atomic E-state index is -2.87. The zero-order valence-electron chi connectivity index (χ0n) is 33.5. The largest absolute Gasteiger partial charge is 0.444 e. The maximum Gasteiger partial charge on any atom is 0.329 e. The lowest BCUT2D eigenvalue weighted by Crippen LogP contribution is -2.47. The van der Waals surface area contributed by atoms with Crippen molar-refractivity contribution in [1.82, 2.24) is 44.0 Å². The van der Waals surface area contributed by atoms with Crippen molar-refractivity contribution in [3.05, 3.63) is 76.4 Å². The van der Waals surface area contributed by atoms with Crippen LogP contribution < -0.4 is 21.6 Å². The van der Waals surface area contributed by atoms with Gasteiger partial charge in [0.2, 0.25) is 17.7 Å². The fraction of sp³-hybridized carbons (Fsp3) is 0.500. The van der Waals surface area contributed by atoms with E-state index < -0.39 is 30.0 Å². The molecule has 316 valence electrons. The minimum absolute atomic E-state index is 0.0301. The van der Waals surface area contributed by atoms with Gasteiger partial charge in [-0.05, 0) is 86.6 Å². The molecule has 4 aromatic heterocycles. The summed E-state index contributed by atoms with van der Waals surface area (Å²) in [4.78, 5) is 64.2. The smallest absolute Gasteiger partial charge is 0.329 e. The number of oxazole rings is 1. The van der Waals surface area contributed by atoms with E-state index in [0.717, 1.165) is 82.6 Å². The molecule has 5 aromatic rings. The molecule has 0 spiro atoms. The van der Waals surface area contributed by atoms with Gasteiger partial charge in [-0.1, -0.05) is 6.07 Å². The number of imidazole rings is 1. The summed E-state index contributed by atoms with van der Waals surface area (Å²) in [5.41, 5.74) is 2.35. The van der Waals surface area contributed by atoms with E-state index in [1.807, 2.05) is 18.2 Å². The highest BCUT2D eigenvalue weighted by Crippen LogP contribution is 2.36. The summed E-state index contributed by atoms with van der Waals surface area (Å²) in [7, 11) is 1.71. The number of hydrogen-bond donors (Lipinski definition) is 3. The summed E-state index contributed by atoms with van der Waals surface area (Å²) in [5, 5.41) is 12.5. The molecule has 18 heteroatoms. The molecule has 0 bridgehead atoms. The molecule has 2 aliphatic heterocycles. The van der Waals surface area contributed by atoms with Crippen LogP contribution in [-0.2, 0) is 23.2 Å². The molecule has 3 amide bonds. The lowest BCUT2D eigenvalue weighted by Gasteiger charge is -2.38. The van der Waals surface area contributed by atoms with Gasteiger partial charge in [-0.2, -0.15) is 5.10 Å². The van der Waals surface area contributed by atoms with Crippen LogP contribution in [0.3, 0.4) is 0 Å². The fourth-order valence-electron chi connectivity index (χ4n) is 8.86. The van der Waals surface area contributed by atoms with Gasteiger partial charge >= 0.3 is 5.69 Å². The van der Waals surface area contributed by atoms with Crippen molar-refractivity contribution in [3.63, 3.8) is 0 Å². The van der Waals surface area contributed by atoms with Gasteiger partial charge in [-0.3, -0.25) is 38.4 Å². The molecule has 1 aromatic carbocycles. The Kier molecular flexibility index (Phi) is 11.1. The van der Waals surface area contributed by atoms with Crippen molar-refractivity contribution in [2.24, 2.45) is 18.9 Å². The second-order valence-corrected chi connectivity index (χ2v) is 16.7. The number of aromatic nitrogens is 6. The Morgan fingerprint density at radius 2 is 1.72 bits per heavy atom. The second kappa shape index (κ2) is 16.7. The highest BCUT2D eigenvalue weighted by atomic mass is 19.3. The number of rotatable bonds is 13. The minimum Gasteiger partial charge on any atom is -0.444 e. The number of fused-ring (bicyclic) bond motifs is 1. The first-order valence-corrected chi connectivity index (χ1v) is 20.9. The number of imide groups is 1. The van der Waals surface area contributed by atoms with Crippen LogP contribution in [0.25, 0.3) is 22.5 Å². The molecule has 2 aliphatic carbocycles. The fourth-order valence-corrected chi connectivity index (χ4v) is 8.86. The van der Waals surface area contributed by atoms with Gasteiger partial charge in [-0.15, -0.1) is 0 Å². The number of piperazine rings is 1. The van der Waals surface area contributed by atoms with Crippen molar-refractivity contribution >= 4 is 40.3 Å². The second-order valence-electron chi connectivity index (χ2n) is 16.7. The van der Waals surface area contributed by atoms with Crippen LogP contribution in [-0.4, -0.2) is 95.7 Å². The number of piperidine rings is 1. The Morgan fingerprint density at radius 3 is 2.47 bits per heavy atom. The number of aryl methyl sites for hydroxylation is 1. The molecular formula is C42H49F2N11O5. The summed E-state index contributed by atoms with van der Waals surface area (Å²) in [6.07, 6.45) is 7.91. The number of carbonyl (C=O) groups is 3. The highest BCUT2D eigenvalue weighted by Gasteiger charge is 2.32. The summed E-state index contributed by atoms with van der Waals surface area (Å²) >= 11 is 0. The molecular weight excluding hydrogens is 777 g/mol. The first-order chi connectivity index (χ1) is 29.1. The molecule has 9 rings (SSSR count). The number of nitrogens with one attached hydrogen (secondary N) is 3. The predicted molar refractivity (Wildman–Crippen MR) is 217 cm³/mol. The Bertz CT molecular complexity index is 2450. The highest BCUT2D eigenvalue weighted by molar-refractivity contribution is 6.03. The van der Waals surface area contributed by atoms with Crippen LogP contribution in [0.5, 0.6) is 0 Å². The Morgan fingerprint density at radius 1 is 0.950 bits per heavy atom. The van der Waals surface area contributed by atoms with E-state index in [1.165, 1.54) is 29.9 Å². The van der Waals surface area contributed by atoms with Crippen LogP contribution in [0, 0.1) is 11.8 Å². The molecule has 3 N–H and O–H groups in total. The maximum atomic E-state index is 14.2. The number of amides is 3. The zero-order chi connectivity index (χ0) is 41.5. The van der Waals surface area contributed by atoms with Crippen molar-refractivity contribution in [2.45, 2.75) is 76.4 Å². The first kappa shape index (κ1) is 39.7. The molecule has 1 unspecified atom stereocenters. The van der Waals surface area contributed by atoms with Gasteiger partial charge < -0.3 is 20.0 Å². The van der Waals surface area contributed by atoms with E-state index in [1.54, 1.807) is 34.6 Å². The van der Waals surface area contributed by atoms with Crippen LogP contribution in [0.1, 0.15) is 91.6 Å². The van der Waals surface area contributed by atoms with Crippen molar-refractivity contribution in [3.8, 4) is 11.5 Å². The molecule has 0 radical (unpaired) electrons. The zero-order valence-corrected chi connectivity index (χ0v) is 33.5. The lowest BCUT2D eigenvalue weighted by molar-refractivity contribution is -0.135. The molecule has 1 atom stereocenters. The predicted octanol–water partition coefficient (Wildman–Crippen LogP) is 5.13. The Hall–Kier alpha value is -5.75. The number of alkyl halides is 2. The van der Waals surface area contributed by atoms with E-state index in [0.29, 0.717) is 35.2 Å². The van der Waals surface area contributed by atoms with Gasteiger partial charge in [0.1, 0.15) is 18.1 Å². The summed E-state index contributed by atoms with van der Waals surface area (Å²) < 4.78 is 38.6. The topological polar surface area (TPSA) is 177 Å². The van der Waals surface area contributed by atoms with E-state index in [-0.39, 0.29) is 41.3 Å². The van der Waals surface area contributed by atoms with Crippen LogP contribution in [0.4, 0.5) is 20.3 Å². The van der Waals surface area contributed by atoms with Crippen LogP contribution in [0.15, 0.2) is 58.2 Å². The monoisotopic (exact) mass is 825 g/mol. The quantitative estimate of drug-likeness (QED) is 0.134. The third-order valence-electron chi connectivity index (χ3n) is 12.5. The average molecular weight is 826 g/mol. The van der Waals surface area contributed by atoms with E-state index in [2.05, 4.69) is 40.8 Å². The summed E-state index contributed by atoms with van der Waals surface area (Å²) in [6.45, 7) is 6.23. The third kappa shape index (κ3) is 8.48. The first-order valence-electron chi connectivity index (χ1n) is 20.9. The van der Waals surface area contributed by atoms with Gasteiger partial charge in [0.15, 0.2) is 11.4 Å². The van der Waals surface area contributed by atoms with Gasteiger partial charge in [-0.25, -0.2) is 23.5 Å². The van der Waals surface area contributed by atoms with E-state index in [9.17, 15) is 28.0 Å². The number of benzene rings is 1. The molecule has 16 nitrogen and oxygen atoms in total. The molecule has 2 saturated heterocycles. The Balaban J connectivity index is 0.753. The standard InChI is InChI=1S/C42H49F2N11O5/c1-51-34-18-27(6-9-32(34)55(42(51)59)33-10-11-36(56)49-40(33)58)22-53-16-14-52(15-17-53)21-26-4-7-29(8-5-26)54-23-30(37(50-54)38(43)44)47-39(57)31-24-60-41(48-31)28-12-13-45-35(19-28)46-20-25-2-3-25/h6,9,12-13,18-19,23-26,29,33,38H,2-5,7-8,10-11,14-17,20-22H2,1H3,(H,45,46)(H,47,57)(H,49,56,58). The number of carbonyl (C=O) groups excluding carboxylic acids is 3. The van der Waals surface area contributed by atoms with Crippen LogP contribution in [0.2, 0.25) is 0 Å². The van der Waals surface area contributed by atoms with Crippen molar-refractivity contribution in [2.75, 3.05) is 49.9 Å². The third-order valence-corrected chi connectivity index (χ3v) is 12.5. The number of hydrogen-bond acceptors (Lipinski definition) is 11. The van der Waals surface area contributed by atoms with Crippen molar-refractivity contribution in [1.29, 1.82) is 0 Å². The van der Waals surface area contributed by atoms with Gasteiger partial charge in [0, 0.05) is 77.2 Å².